The van der Waals surface area contributed by atoms with Crippen LogP contribution in [-0.4, -0.2) is 7.11 Å². The second-order valence-corrected chi connectivity index (χ2v) is 2.08. The lowest BCUT2D eigenvalue weighted by Crippen LogP contribution is -1.90. The Kier molecular flexibility index (Phi) is 2.15. The minimum atomic E-state index is 0.795. The van der Waals surface area contributed by atoms with Crippen molar-refractivity contribution in [2.24, 2.45) is 5.73 Å². The summed E-state index contributed by atoms with van der Waals surface area (Å²) >= 11 is 0. The molecule has 0 aromatic heterocycles. The second kappa shape index (κ2) is 3.11. The van der Waals surface area contributed by atoms with E-state index in [1.165, 1.54) is 0 Å². The molecule has 0 amide bonds. The highest BCUT2D eigenvalue weighted by molar-refractivity contribution is 5.27. The van der Waals surface area contributed by atoms with Crippen LogP contribution < -0.4 is 5.73 Å². The van der Waals surface area contributed by atoms with Gasteiger partial charge in [0.05, 0.1) is 7.11 Å². The zero-order valence-electron chi connectivity index (χ0n) is 6.00. The van der Waals surface area contributed by atoms with Crippen LogP contribution in [0.15, 0.2) is 35.8 Å². The first-order chi connectivity index (χ1) is 4.83. The van der Waals surface area contributed by atoms with Gasteiger partial charge in [-0.3, -0.25) is 0 Å². The lowest BCUT2D eigenvalue weighted by Gasteiger charge is -1.95. The molecule has 2 N–H and O–H groups in total. The summed E-state index contributed by atoms with van der Waals surface area (Å²) in [5.41, 5.74) is 6.33. The van der Waals surface area contributed by atoms with Crippen LogP contribution in [0.2, 0.25) is 0 Å². The third-order valence-electron chi connectivity index (χ3n) is 1.35. The molecule has 54 valence electrons. The van der Waals surface area contributed by atoms with Crippen molar-refractivity contribution in [2.75, 3.05) is 7.11 Å². The third-order valence-corrected chi connectivity index (χ3v) is 1.35. The van der Waals surface area contributed by atoms with Crippen LogP contribution in [0.5, 0.6) is 0 Å². The SMILES string of the molecule is COC1=CCC=C(N)C=C1. The molecule has 2 heteroatoms. The van der Waals surface area contributed by atoms with Gasteiger partial charge in [-0.25, -0.2) is 0 Å². The molecule has 0 aliphatic heterocycles. The Hall–Kier alpha value is -1.18. The molecule has 0 saturated heterocycles. The van der Waals surface area contributed by atoms with E-state index in [2.05, 4.69) is 0 Å². The molecule has 1 rings (SSSR count). The Balaban J connectivity index is 2.69. The maximum Gasteiger partial charge on any atom is 0.115 e. The van der Waals surface area contributed by atoms with Gasteiger partial charge in [-0.2, -0.15) is 0 Å². The second-order valence-electron chi connectivity index (χ2n) is 2.08. The van der Waals surface area contributed by atoms with Crippen molar-refractivity contribution in [1.82, 2.24) is 0 Å². The molecule has 1 aliphatic rings. The van der Waals surface area contributed by atoms with Crippen LogP contribution in [0.25, 0.3) is 0 Å². The summed E-state index contributed by atoms with van der Waals surface area (Å²) < 4.78 is 5.00. The average molecular weight is 137 g/mol. The first-order valence-corrected chi connectivity index (χ1v) is 3.21. The molecule has 0 aromatic carbocycles. The smallest absolute Gasteiger partial charge is 0.115 e. The van der Waals surface area contributed by atoms with Crippen LogP contribution in [0.4, 0.5) is 0 Å². The Morgan fingerprint density at radius 1 is 1.40 bits per heavy atom. The van der Waals surface area contributed by atoms with E-state index in [1.807, 2.05) is 24.3 Å². The van der Waals surface area contributed by atoms with Gasteiger partial charge in [-0.05, 0) is 24.6 Å². The number of hydrogen-bond acceptors (Lipinski definition) is 2. The number of rotatable bonds is 1. The molecule has 10 heavy (non-hydrogen) atoms. The van der Waals surface area contributed by atoms with Crippen LogP contribution in [-0.2, 0) is 4.74 Å². The fourth-order valence-electron chi connectivity index (χ4n) is 0.777. The topological polar surface area (TPSA) is 35.2 Å². The number of methoxy groups -OCH3 is 1. The van der Waals surface area contributed by atoms with Crippen LogP contribution in [0.1, 0.15) is 6.42 Å². The standard InChI is InChI=1S/C8H11NO/c1-10-8-4-2-3-7(9)5-6-8/h3-6H,2,9H2,1H3. The lowest BCUT2D eigenvalue weighted by molar-refractivity contribution is 0.306. The zero-order valence-corrected chi connectivity index (χ0v) is 6.00. The normalized spacial score (nSPS) is 17.3. The highest BCUT2D eigenvalue weighted by atomic mass is 16.5. The molecule has 0 unspecified atom stereocenters. The summed E-state index contributed by atoms with van der Waals surface area (Å²) in [7, 11) is 1.65. The van der Waals surface area contributed by atoms with E-state index in [0.29, 0.717) is 0 Å². The lowest BCUT2D eigenvalue weighted by atomic mass is 10.3. The van der Waals surface area contributed by atoms with Crippen LogP contribution >= 0.6 is 0 Å². The minimum Gasteiger partial charge on any atom is -0.497 e. The van der Waals surface area contributed by atoms with Gasteiger partial charge >= 0.3 is 0 Å². The van der Waals surface area contributed by atoms with Gasteiger partial charge in [0.1, 0.15) is 5.76 Å². The molecular weight excluding hydrogens is 126 g/mol. The molecule has 0 atom stereocenters. The largest absolute Gasteiger partial charge is 0.497 e. The van der Waals surface area contributed by atoms with Crippen molar-refractivity contribution < 1.29 is 4.74 Å². The summed E-state index contributed by atoms with van der Waals surface area (Å²) in [6, 6.07) is 0. The van der Waals surface area contributed by atoms with Crippen molar-refractivity contribution in [3.63, 3.8) is 0 Å². The predicted octanol–water partition coefficient (Wildman–Crippen LogP) is 1.32. The quantitative estimate of drug-likeness (QED) is 0.591. The van der Waals surface area contributed by atoms with Gasteiger partial charge in [0, 0.05) is 5.70 Å². The Labute approximate surface area is 60.7 Å². The number of ether oxygens (including phenoxy) is 1. The van der Waals surface area contributed by atoms with Crippen molar-refractivity contribution in [3.05, 3.63) is 35.8 Å². The Morgan fingerprint density at radius 2 is 2.20 bits per heavy atom. The van der Waals surface area contributed by atoms with Gasteiger partial charge in [-0.15, -0.1) is 0 Å². The van der Waals surface area contributed by atoms with Crippen LogP contribution in [0.3, 0.4) is 0 Å². The van der Waals surface area contributed by atoms with Gasteiger partial charge in [0.2, 0.25) is 0 Å². The molecule has 0 aromatic rings. The van der Waals surface area contributed by atoms with Crippen molar-refractivity contribution in [3.8, 4) is 0 Å². The van der Waals surface area contributed by atoms with E-state index in [-0.39, 0.29) is 0 Å². The molecular formula is C8H11NO. The number of allylic oxidation sites excluding steroid dienone is 4. The molecule has 0 heterocycles. The Bertz CT molecular complexity index is 201. The minimum absolute atomic E-state index is 0.795. The molecule has 0 fully saturated rings. The van der Waals surface area contributed by atoms with E-state index < -0.39 is 0 Å². The van der Waals surface area contributed by atoms with Gasteiger partial charge in [0.15, 0.2) is 0 Å². The predicted molar refractivity (Wildman–Crippen MR) is 41.1 cm³/mol. The van der Waals surface area contributed by atoms with E-state index in [9.17, 15) is 0 Å². The van der Waals surface area contributed by atoms with Gasteiger partial charge in [-0.1, -0.05) is 6.08 Å². The van der Waals surface area contributed by atoms with Crippen molar-refractivity contribution in [1.29, 1.82) is 0 Å². The molecule has 0 radical (unpaired) electrons. The Morgan fingerprint density at radius 3 is 2.90 bits per heavy atom. The van der Waals surface area contributed by atoms with E-state index in [0.717, 1.165) is 17.9 Å². The average Bonchev–Trinajstić information content (AvgIpc) is 2.14. The van der Waals surface area contributed by atoms with Gasteiger partial charge < -0.3 is 10.5 Å². The monoisotopic (exact) mass is 137 g/mol. The molecule has 0 bridgehead atoms. The molecule has 2 nitrogen and oxygen atoms in total. The zero-order chi connectivity index (χ0) is 7.40. The fourth-order valence-corrected chi connectivity index (χ4v) is 0.777. The summed E-state index contributed by atoms with van der Waals surface area (Å²) in [5.74, 6) is 0.872. The summed E-state index contributed by atoms with van der Waals surface area (Å²) in [5, 5.41) is 0. The van der Waals surface area contributed by atoms with Crippen molar-refractivity contribution >= 4 is 0 Å². The molecule has 1 aliphatic carbocycles. The third kappa shape index (κ3) is 1.65. The first-order valence-electron chi connectivity index (χ1n) is 3.21. The summed E-state index contributed by atoms with van der Waals surface area (Å²) in [6.45, 7) is 0. The van der Waals surface area contributed by atoms with E-state index >= 15 is 0 Å². The molecule has 0 spiro atoms. The highest BCUT2D eigenvalue weighted by Crippen LogP contribution is 2.06. The van der Waals surface area contributed by atoms with E-state index in [4.69, 9.17) is 10.5 Å². The highest BCUT2D eigenvalue weighted by Gasteiger charge is 1.92. The first kappa shape index (κ1) is 6.93. The van der Waals surface area contributed by atoms with E-state index in [1.54, 1.807) is 7.11 Å². The van der Waals surface area contributed by atoms with Crippen LogP contribution in [0, 0.1) is 0 Å². The summed E-state index contributed by atoms with van der Waals surface area (Å²) in [4.78, 5) is 0. The van der Waals surface area contributed by atoms with Gasteiger partial charge in [0.25, 0.3) is 0 Å². The summed E-state index contributed by atoms with van der Waals surface area (Å²) in [6.07, 6.45) is 8.47. The van der Waals surface area contributed by atoms with Crippen molar-refractivity contribution in [2.45, 2.75) is 6.42 Å². The number of hydrogen-bond donors (Lipinski definition) is 1. The number of nitrogens with two attached hydrogens (primary N) is 1. The maximum absolute atomic E-state index is 5.54. The molecule has 0 saturated carbocycles. The fraction of sp³-hybridized carbons (Fsp3) is 0.250. The maximum atomic E-state index is 5.54.